The molecule has 0 radical (unpaired) electrons. The summed E-state index contributed by atoms with van der Waals surface area (Å²) in [4.78, 5) is 0. The van der Waals surface area contributed by atoms with Gasteiger partial charge in [-0.15, -0.1) is 13.2 Å². The Balaban J connectivity index is 1.98. The van der Waals surface area contributed by atoms with E-state index in [2.05, 4.69) is 17.1 Å². The van der Waals surface area contributed by atoms with Gasteiger partial charge in [0.25, 0.3) is 0 Å². The number of ether oxygens (including phenoxy) is 1. The predicted molar refractivity (Wildman–Crippen MR) is 74.4 cm³/mol. The summed E-state index contributed by atoms with van der Waals surface area (Å²) in [6, 6.07) is 6.15. The molecule has 1 aromatic carbocycles. The molecule has 0 heterocycles. The lowest BCUT2D eigenvalue weighted by Crippen LogP contribution is -2.43. The maximum atomic E-state index is 12.1. The third-order valence-corrected chi connectivity index (χ3v) is 4.27. The molecule has 0 spiro atoms. The average molecular weight is 302 g/mol. The SMILES string of the molecule is CC1CCCC1C(Cc1ccc(OC(F)(F)F)cc1)NN. The first kappa shape index (κ1) is 16.1. The van der Waals surface area contributed by atoms with E-state index in [0.29, 0.717) is 18.3 Å². The van der Waals surface area contributed by atoms with Crippen LogP contribution in [0, 0.1) is 11.8 Å². The van der Waals surface area contributed by atoms with Crippen LogP contribution < -0.4 is 16.0 Å². The zero-order chi connectivity index (χ0) is 15.5. The Bertz CT molecular complexity index is 447. The van der Waals surface area contributed by atoms with Crippen molar-refractivity contribution in [3.63, 3.8) is 0 Å². The smallest absolute Gasteiger partial charge is 0.406 e. The van der Waals surface area contributed by atoms with Crippen molar-refractivity contribution in [3.05, 3.63) is 29.8 Å². The second-order valence-corrected chi connectivity index (χ2v) is 5.74. The van der Waals surface area contributed by atoms with Gasteiger partial charge in [-0.3, -0.25) is 11.3 Å². The van der Waals surface area contributed by atoms with E-state index >= 15 is 0 Å². The lowest BCUT2D eigenvalue weighted by atomic mass is 9.87. The van der Waals surface area contributed by atoms with Crippen molar-refractivity contribution in [2.45, 2.75) is 45.0 Å². The van der Waals surface area contributed by atoms with Crippen LogP contribution in [0.3, 0.4) is 0 Å². The molecule has 118 valence electrons. The van der Waals surface area contributed by atoms with Crippen LogP contribution in [-0.2, 0) is 6.42 Å². The van der Waals surface area contributed by atoms with Gasteiger partial charge in [0.15, 0.2) is 0 Å². The highest BCUT2D eigenvalue weighted by molar-refractivity contribution is 5.28. The van der Waals surface area contributed by atoms with Crippen molar-refractivity contribution in [2.75, 3.05) is 0 Å². The molecule has 3 nitrogen and oxygen atoms in total. The highest BCUT2D eigenvalue weighted by Gasteiger charge is 2.32. The van der Waals surface area contributed by atoms with Crippen LogP contribution in [0.4, 0.5) is 13.2 Å². The maximum absolute atomic E-state index is 12.1. The Kier molecular flexibility index (Phi) is 5.11. The number of halogens is 3. The molecule has 3 unspecified atom stereocenters. The second-order valence-electron chi connectivity index (χ2n) is 5.74. The highest BCUT2D eigenvalue weighted by Crippen LogP contribution is 2.34. The molecular weight excluding hydrogens is 281 g/mol. The number of nitrogens with two attached hydrogens (primary N) is 1. The summed E-state index contributed by atoms with van der Waals surface area (Å²) < 4.78 is 40.2. The number of hydrazine groups is 1. The number of rotatable bonds is 5. The fraction of sp³-hybridized carbons (Fsp3) is 0.600. The van der Waals surface area contributed by atoms with Crippen LogP contribution >= 0.6 is 0 Å². The third-order valence-electron chi connectivity index (χ3n) is 4.27. The summed E-state index contributed by atoms with van der Waals surface area (Å²) in [5.74, 6) is 6.59. The molecule has 21 heavy (non-hydrogen) atoms. The van der Waals surface area contributed by atoms with E-state index in [-0.39, 0.29) is 11.8 Å². The normalized spacial score (nSPS) is 24.0. The number of hydrogen-bond donors (Lipinski definition) is 2. The Morgan fingerprint density at radius 1 is 1.29 bits per heavy atom. The molecule has 1 aliphatic rings. The minimum atomic E-state index is -4.65. The van der Waals surface area contributed by atoms with Crippen molar-refractivity contribution >= 4 is 0 Å². The molecule has 1 aliphatic carbocycles. The number of nitrogens with one attached hydrogen (secondary N) is 1. The van der Waals surface area contributed by atoms with Crippen LogP contribution in [0.5, 0.6) is 5.75 Å². The molecule has 0 saturated heterocycles. The van der Waals surface area contributed by atoms with E-state index in [1.54, 1.807) is 12.1 Å². The van der Waals surface area contributed by atoms with Crippen LogP contribution in [0.25, 0.3) is 0 Å². The van der Waals surface area contributed by atoms with E-state index in [1.165, 1.54) is 25.0 Å². The van der Waals surface area contributed by atoms with E-state index in [4.69, 9.17) is 5.84 Å². The monoisotopic (exact) mass is 302 g/mol. The first-order chi connectivity index (χ1) is 9.89. The van der Waals surface area contributed by atoms with Gasteiger partial charge in [-0.1, -0.05) is 31.9 Å². The molecule has 0 amide bonds. The minimum Gasteiger partial charge on any atom is -0.406 e. The van der Waals surface area contributed by atoms with Gasteiger partial charge in [0.2, 0.25) is 0 Å². The molecule has 1 saturated carbocycles. The molecule has 0 aliphatic heterocycles. The van der Waals surface area contributed by atoms with Gasteiger partial charge in [-0.25, -0.2) is 0 Å². The van der Waals surface area contributed by atoms with Crippen molar-refractivity contribution < 1.29 is 17.9 Å². The van der Waals surface area contributed by atoms with Gasteiger partial charge in [-0.2, -0.15) is 0 Å². The maximum Gasteiger partial charge on any atom is 0.573 e. The lowest BCUT2D eigenvalue weighted by Gasteiger charge is -2.26. The summed E-state index contributed by atoms with van der Waals surface area (Å²) in [5.41, 5.74) is 3.82. The number of benzene rings is 1. The molecule has 3 atom stereocenters. The predicted octanol–water partition coefficient (Wildman–Crippen LogP) is 3.40. The molecule has 2 rings (SSSR count). The molecule has 6 heteroatoms. The third kappa shape index (κ3) is 4.61. The molecule has 0 bridgehead atoms. The summed E-state index contributed by atoms with van der Waals surface area (Å²) in [7, 11) is 0. The van der Waals surface area contributed by atoms with Crippen molar-refractivity contribution in [1.29, 1.82) is 0 Å². The summed E-state index contributed by atoms with van der Waals surface area (Å²) in [5, 5.41) is 0. The summed E-state index contributed by atoms with van der Waals surface area (Å²) >= 11 is 0. The zero-order valence-electron chi connectivity index (χ0n) is 12.0. The Labute approximate surface area is 122 Å². The highest BCUT2D eigenvalue weighted by atomic mass is 19.4. The topological polar surface area (TPSA) is 47.3 Å². The van der Waals surface area contributed by atoms with Crippen molar-refractivity contribution in [3.8, 4) is 5.75 Å². The average Bonchev–Trinajstić information content (AvgIpc) is 2.82. The van der Waals surface area contributed by atoms with Crippen molar-refractivity contribution in [1.82, 2.24) is 5.43 Å². The first-order valence-corrected chi connectivity index (χ1v) is 7.20. The van der Waals surface area contributed by atoms with E-state index in [1.807, 2.05) is 0 Å². The quantitative estimate of drug-likeness (QED) is 0.647. The van der Waals surface area contributed by atoms with E-state index in [9.17, 15) is 13.2 Å². The van der Waals surface area contributed by atoms with Gasteiger partial charge in [0.1, 0.15) is 5.75 Å². The fourth-order valence-corrected chi connectivity index (χ4v) is 3.19. The molecule has 3 N–H and O–H groups in total. The van der Waals surface area contributed by atoms with Gasteiger partial charge in [0.05, 0.1) is 0 Å². The van der Waals surface area contributed by atoms with Crippen LogP contribution in [0.1, 0.15) is 31.7 Å². The van der Waals surface area contributed by atoms with Crippen molar-refractivity contribution in [2.24, 2.45) is 17.7 Å². The molecule has 1 aromatic rings. The molecule has 1 fully saturated rings. The van der Waals surface area contributed by atoms with Gasteiger partial charge < -0.3 is 4.74 Å². The zero-order valence-corrected chi connectivity index (χ0v) is 12.0. The minimum absolute atomic E-state index is 0.150. The molecule has 0 aromatic heterocycles. The largest absolute Gasteiger partial charge is 0.573 e. The van der Waals surface area contributed by atoms with E-state index in [0.717, 1.165) is 12.0 Å². The standard InChI is InChI=1S/C15H21F3N2O/c1-10-3-2-4-13(10)14(20-19)9-11-5-7-12(8-6-11)21-15(16,17)18/h5-8,10,13-14,20H,2-4,9,19H2,1H3. The summed E-state index contributed by atoms with van der Waals surface area (Å²) in [6.07, 6.45) is -0.380. The fourth-order valence-electron chi connectivity index (χ4n) is 3.19. The number of hydrogen-bond acceptors (Lipinski definition) is 3. The summed E-state index contributed by atoms with van der Waals surface area (Å²) in [6.45, 7) is 2.22. The number of alkyl halides is 3. The Morgan fingerprint density at radius 2 is 1.95 bits per heavy atom. The van der Waals surface area contributed by atoms with Crippen LogP contribution in [0.2, 0.25) is 0 Å². The van der Waals surface area contributed by atoms with Crippen LogP contribution in [0.15, 0.2) is 24.3 Å². The molecular formula is C15H21F3N2O. The first-order valence-electron chi connectivity index (χ1n) is 7.20. The van der Waals surface area contributed by atoms with Gasteiger partial charge >= 0.3 is 6.36 Å². The Morgan fingerprint density at radius 3 is 2.43 bits per heavy atom. The van der Waals surface area contributed by atoms with Gasteiger partial charge in [-0.05, 0) is 42.4 Å². The van der Waals surface area contributed by atoms with Crippen LogP contribution in [-0.4, -0.2) is 12.4 Å². The lowest BCUT2D eigenvalue weighted by molar-refractivity contribution is -0.274. The Hall–Kier alpha value is -1.27. The van der Waals surface area contributed by atoms with Gasteiger partial charge in [0, 0.05) is 6.04 Å². The second kappa shape index (κ2) is 6.66. The van der Waals surface area contributed by atoms with E-state index < -0.39 is 6.36 Å².